The van der Waals surface area contributed by atoms with E-state index in [1.807, 2.05) is 58.0 Å². The molecule has 168 valence electrons. The normalized spacial score (nSPS) is 13.6. The lowest BCUT2D eigenvalue weighted by Gasteiger charge is -2.31. The Hall–Kier alpha value is -2.93. The molecule has 0 radical (unpaired) electrons. The first kappa shape index (κ1) is 22.7. The largest absolute Gasteiger partial charge is 0.492 e. The third-order valence-electron chi connectivity index (χ3n) is 5.13. The van der Waals surface area contributed by atoms with E-state index in [1.165, 1.54) is 5.56 Å². The highest BCUT2D eigenvalue weighted by Crippen LogP contribution is 2.39. The third-order valence-corrected chi connectivity index (χ3v) is 5.13. The van der Waals surface area contributed by atoms with Gasteiger partial charge in [0, 0.05) is 25.2 Å². The predicted octanol–water partition coefficient (Wildman–Crippen LogP) is 3.95. The molecule has 1 N–H and O–H groups in total. The maximum absolute atomic E-state index is 12.6. The Morgan fingerprint density at radius 1 is 0.968 bits per heavy atom. The van der Waals surface area contributed by atoms with Crippen molar-refractivity contribution < 1.29 is 23.7 Å². The van der Waals surface area contributed by atoms with Crippen LogP contribution in [0.5, 0.6) is 17.2 Å². The van der Waals surface area contributed by atoms with E-state index in [2.05, 4.69) is 10.2 Å². The van der Waals surface area contributed by atoms with Crippen LogP contribution in [0, 0.1) is 13.8 Å². The SMILES string of the molecule is CCOc1cc(N2CCOCC2)c(OCC)cc1NC(=O)COc1ccc(C)c(C)c1. The maximum Gasteiger partial charge on any atom is 0.262 e. The Morgan fingerprint density at radius 2 is 1.68 bits per heavy atom. The topological polar surface area (TPSA) is 69.3 Å². The Kier molecular flexibility index (Phi) is 8.00. The van der Waals surface area contributed by atoms with Gasteiger partial charge in [-0.1, -0.05) is 6.07 Å². The van der Waals surface area contributed by atoms with Crippen LogP contribution < -0.4 is 24.4 Å². The highest BCUT2D eigenvalue weighted by atomic mass is 16.5. The van der Waals surface area contributed by atoms with Crippen LogP contribution in [-0.4, -0.2) is 52.0 Å². The molecule has 7 heteroatoms. The molecule has 1 aliphatic heterocycles. The number of morpholine rings is 1. The molecule has 0 aliphatic carbocycles. The second-order valence-corrected chi connectivity index (χ2v) is 7.36. The van der Waals surface area contributed by atoms with Crippen LogP contribution >= 0.6 is 0 Å². The quantitative estimate of drug-likeness (QED) is 0.652. The standard InChI is InChI=1S/C24H32N2O5/c1-5-29-22-15-21(26-9-11-28-12-10-26)23(30-6-2)14-20(22)25-24(27)16-31-19-8-7-17(3)18(4)13-19/h7-8,13-15H,5-6,9-12,16H2,1-4H3,(H,25,27). The van der Waals surface area contributed by atoms with Crippen LogP contribution in [0.1, 0.15) is 25.0 Å². The molecule has 2 aromatic carbocycles. The van der Waals surface area contributed by atoms with E-state index >= 15 is 0 Å². The van der Waals surface area contributed by atoms with Gasteiger partial charge in [0.1, 0.15) is 17.2 Å². The van der Waals surface area contributed by atoms with Crippen LogP contribution in [0.2, 0.25) is 0 Å². The monoisotopic (exact) mass is 428 g/mol. The van der Waals surface area contributed by atoms with Gasteiger partial charge in [-0.15, -0.1) is 0 Å². The lowest BCUT2D eigenvalue weighted by molar-refractivity contribution is -0.118. The van der Waals surface area contributed by atoms with Crippen LogP contribution in [-0.2, 0) is 9.53 Å². The summed E-state index contributed by atoms with van der Waals surface area (Å²) in [6.45, 7) is 11.7. The molecule has 1 aliphatic rings. The number of nitrogens with zero attached hydrogens (tertiary/aromatic N) is 1. The number of aryl methyl sites for hydroxylation is 2. The molecule has 0 spiro atoms. The predicted molar refractivity (Wildman–Crippen MR) is 122 cm³/mol. The van der Waals surface area contributed by atoms with Gasteiger partial charge < -0.3 is 29.2 Å². The fourth-order valence-electron chi connectivity index (χ4n) is 3.38. The Balaban J connectivity index is 1.76. The second-order valence-electron chi connectivity index (χ2n) is 7.36. The van der Waals surface area contributed by atoms with Crippen molar-refractivity contribution >= 4 is 17.3 Å². The number of hydrogen-bond donors (Lipinski definition) is 1. The summed E-state index contributed by atoms with van der Waals surface area (Å²) in [5.41, 5.74) is 3.81. The summed E-state index contributed by atoms with van der Waals surface area (Å²) in [5.74, 6) is 1.71. The van der Waals surface area contributed by atoms with Crippen molar-refractivity contribution in [1.29, 1.82) is 0 Å². The summed E-state index contributed by atoms with van der Waals surface area (Å²) in [6.07, 6.45) is 0. The Morgan fingerprint density at radius 3 is 2.35 bits per heavy atom. The molecule has 0 saturated carbocycles. The number of rotatable bonds is 9. The van der Waals surface area contributed by atoms with Gasteiger partial charge in [0.15, 0.2) is 6.61 Å². The van der Waals surface area contributed by atoms with Crippen molar-refractivity contribution in [2.24, 2.45) is 0 Å². The van der Waals surface area contributed by atoms with Gasteiger partial charge in [0.05, 0.1) is 37.8 Å². The molecule has 0 aromatic heterocycles. The van der Waals surface area contributed by atoms with Gasteiger partial charge in [0.2, 0.25) is 0 Å². The maximum atomic E-state index is 12.6. The first-order chi connectivity index (χ1) is 15.0. The molecule has 0 bridgehead atoms. The fraction of sp³-hybridized carbons (Fsp3) is 0.458. The van der Waals surface area contributed by atoms with Gasteiger partial charge in [-0.25, -0.2) is 0 Å². The van der Waals surface area contributed by atoms with Crippen molar-refractivity contribution in [2.45, 2.75) is 27.7 Å². The smallest absolute Gasteiger partial charge is 0.262 e. The molecule has 1 fully saturated rings. The van der Waals surface area contributed by atoms with Crippen molar-refractivity contribution in [1.82, 2.24) is 0 Å². The van der Waals surface area contributed by atoms with Crippen LogP contribution in [0.3, 0.4) is 0 Å². The second kappa shape index (κ2) is 10.9. The highest BCUT2D eigenvalue weighted by Gasteiger charge is 2.20. The van der Waals surface area contributed by atoms with E-state index in [0.717, 1.165) is 24.3 Å². The Bertz CT molecular complexity index is 894. The zero-order chi connectivity index (χ0) is 22.2. The minimum Gasteiger partial charge on any atom is -0.492 e. The molecule has 0 atom stereocenters. The van der Waals surface area contributed by atoms with Gasteiger partial charge >= 0.3 is 0 Å². The number of carbonyl (C=O) groups is 1. The Labute approximate surface area is 184 Å². The van der Waals surface area contributed by atoms with E-state index in [9.17, 15) is 4.79 Å². The van der Waals surface area contributed by atoms with Crippen molar-refractivity contribution in [3.8, 4) is 17.2 Å². The number of amides is 1. The van der Waals surface area contributed by atoms with E-state index in [-0.39, 0.29) is 12.5 Å². The number of ether oxygens (including phenoxy) is 4. The molecule has 1 amide bonds. The van der Waals surface area contributed by atoms with Crippen LogP contribution in [0.4, 0.5) is 11.4 Å². The number of carbonyl (C=O) groups excluding carboxylic acids is 1. The molecule has 2 aromatic rings. The van der Waals surface area contributed by atoms with Gasteiger partial charge in [-0.2, -0.15) is 0 Å². The molecular formula is C24H32N2O5. The fourth-order valence-corrected chi connectivity index (χ4v) is 3.38. The average molecular weight is 429 g/mol. The van der Waals surface area contributed by atoms with Crippen LogP contribution in [0.15, 0.2) is 30.3 Å². The summed E-state index contributed by atoms with van der Waals surface area (Å²) < 4.78 is 22.8. The van der Waals surface area contributed by atoms with E-state index in [0.29, 0.717) is 49.4 Å². The average Bonchev–Trinajstić information content (AvgIpc) is 2.77. The lowest BCUT2D eigenvalue weighted by Crippen LogP contribution is -2.36. The minimum absolute atomic E-state index is 0.0940. The van der Waals surface area contributed by atoms with Crippen molar-refractivity contribution in [3.63, 3.8) is 0 Å². The van der Waals surface area contributed by atoms with Gasteiger partial charge in [0.25, 0.3) is 5.91 Å². The summed E-state index contributed by atoms with van der Waals surface area (Å²) in [5, 5.41) is 2.91. The number of nitrogens with one attached hydrogen (secondary N) is 1. The van der Waals surface area contributed by atoms with E-state index in [1.54, 1.807) is 0 Å². The summed E-state index contributed by atoms with van der Waals surface area (Å²) in [7, 11) is 0. The molecule has 0 unspecified atom stereocenters. The highest BCUT2D eigenvalue weighted by molar-refractivity contribution is 5.94. The minimum atomic E-state index is -0.263. The van der Waals surface area contributed by atoms with Crippen molar-refractivity contribution in [2.75, 3.05) is 56.3 Å². The molecule has 7 nitrogen and oxygen atoms in total. The van der Waals surface area contributed by atoms with Gasteiger partial charge in [-0.3, -0.25) is 4.79 Å². The third kappa shape index (κ3) is 6.04. The van der Waals surface area contributed by atoms with E-state index < -0.39 is 0 Å². The summed E-state index contributed by atoms with van der Waals surface area (Å²) in [4.78, 5) is 14.8. The van der Waals surface area contributed by atoms with Gasteiger partial charge in [-0.05, 0) is 51.0 Å². The number of benzene rings is 2. The zero-order valence-electron chi connectivity index (χ0n) is 18.8. The first-order valence-electron chi connectivity index (χ1n) is 10.8. The van der Waals surface area contributed by atoms with Crippen molar-refractivity contribution in [3.05, 3.63) is 41.5 Å². The molecule has 1 heterocycles. The lowest BCUT2D eigenvalue weighted by atomic mass is 10.1. The molecule has 1 saturated heterocycles. The number of hydrogen-bond acceptors (Lipinski definition) is 6. The number of anilines is 2. The summed E-state index contributed by atoms with van der Waals surface area (Å²) in [6, 6.07) is 9.53. The summed E-state index contributed by atoms with van der Waals surface area (Å²) >= 11 is 0. The zero-order valence-corrected chi connectivity index (χ0v) is 18.8. The van der Waals surface area contributed by atoms with Crippen LogP contribution in [0.25, 0.3) is 0 Å². The molecule has 31 heavy (non-hydrogen) atoms. The first-order valence-corrected chi connectivity index (χ1v) is 10.8. The van der Waals surface area contributed by atoms with E-state index in [4.69, 9.17) is 18.9 Å². The molecular weight excluding hydrogens is 396 g/mol. The molecule has 3 rings (SSSR count).